The maximum Gasteiger partial charge on any atom is 0.338 e. The molecule has 1 heterocycles. The molecule has 0 aliphatic carbocycles. The van der Waals surface area contributed by atoms with Crippen LogP contribution in [-0.2, 0) is 11.2 Å². The van der Waals surface area contributed by atoms with Gasteiger partial charge in [0.2, 0.25) is 0 Å². The quantitative estimate of drug-likeness (QED) is 0.833. The summed E-state index contributed by atoms with van der Waals surface area (Å²) in [4.78, 5) is 11.7. The predicted octanol–water partition coefficient (Wildman–Crippen LogP) is 2.38. The van der Waals surface area contributed by atoms with E-state index < -0.39 is 0 Å². The van der Waals surface area contributed by atoms with Crippen molar-refractivity contribution in [2.75, 3.05) is 13.7 Å². The Morgan fingerprint density at radius 3 is 2.83 bits per heavy atom. The van der Waals surface area contributed by atoms with Crippen LogP contribution in [0.2, 0.25) is 0 Å². The Hall–Kier alpha value is -1.35. The summed E-state index contributed by atoms with van der Waals surface area (Å²) in [5, 5.41) is 3.49. The molecule has 3 nitrogen and oxygen atoms in total. The van der Waals surface area contributed by atoms with E-state index in [-0.39, 0.29) is 5.97 Å². The van der Waals surface area contributed by atoms with Crippen molar-refractivity contribution < 1.29 is 9.53 Å². The van der Waals surface area contributed by atoms with Gasteiger partial charge < -0.3 is 10.1 Å². The highest BCUT2D eigenvalue weighted by molar-refractivity contribution is 5.91. The third-order valence-corrected chi connectivity index (χ3v) is 3.78. The Kier molecular flexibility index (Phi) is 4.02. The zero-order chi connectivity index (χ0) is 13.1. The summed E-state index contributed by atoms with van der Waals surface area (Å²) in [7, 11) is 1.43. The van der Waals surface area contributed by atoms with E-state index in [2.05, 4.69) is 11.4 Å². The van der Waals surface area contributed by atoms with Crippen molar-refractivity contribution in [3.8, 4) is 0 Å². The Bertz CT molecular complexity index is 448. The van der Waals surface area contributed by atoms with Gasteiger partial charge >= 0.3 is 5.97 Å². The summed E-state index contributed by atoms with van der Waals surface area (Å²) in [6, 6.07) is 4.72. The first-order valence-electron chi connectivity index (χ1n) is 6.53. The molecule has 1 aliphatic heterocycles. The number of ether oxygens (including phenoxy) is 1. The standard InChI is InChI=1S/C15H21NO2/c1-10-7-12(8-13-5-4-6-16-13)9-14(11(10)2)15(17)18-3/h7,9,13,16H,4-6,8H2,1-3H3. The van der Waals surface area contributed by atoms with Crippen LogP contribution in [0.3, 0.4) is 0 Å². The van der Waals surface area contributed by atoms with Crippen molar-refractivity contribution in [3.63, 3.8) is 0 Å². The van der Waals surface area contributed by atoms with Crippen LogP contribution in [0.5, 0.6) is 0 Å². The second-order valence-electron chi connectivity index (χ2n) is 5.07. The SMILES string of the molecule is COC(=O)c1cc(CC2CCCN2)cc(C)c1C. The molecule has 1 saturated heterocycles. The number of benzene rings is 1. The molecule has 0 saturated carbocycles. The highest BCUT2D eigenvalue weighted by Gasteiger charge is 2.17. The summed E-state index contributed by atoms with van der Waals surface area (Å²) in [6.45, 7) is 5.13. The van der Waals surface area contributed by atoms with Gasteiger partial charge in [-0.15, -0.1) is 0 Å². The molecule has 2 rings (SSSR count). The molecule has 1 N–H and O–H groups in total. The summed E-state index contributed by atoms with van der Waals surface area (Å²) < 4.78 is 4.84. The number of carbonyl (C=O) groups excluding carboxylic acids is 1. The monoisotopic (exact) mass is 247 g/mol. The third-order valence-electron chi connectivity index (χ3n) is 3.78. The Morgan fingerprint density at radius 2 is 2.22 bits per heavy atom. The van der Waals surface area contributed by atoms with Gasteiger partial charge in [-0.1, -0.05) is 6.07 Å². The van der Waals surface area contributed by atoms with Crippen LogP contribution in [0, 0.1) is 13.8 Å². The van der Waals surface area contributed by atoms with E-state index in [1.54, 1.807) is 0 Å². The summed E-state index contributed by atoms with van der Waals surface area (Å²) in [5.74, 6) is -0.239. The van der Waals surface area contributed by atoms with E-state index in [1.165, 1.54) is 25.5 Å². The first-order valence-corrected chi connectivity index (χ1v) is 6.53. The highest BCUT2D eigenvalue weighted by Crippen LogP contribution is 2.20. The molecule has 0 radical (unpaired) electrons. The van der Waals surface area contributed by atoms with Crippen LogP contribution in [0.1, 0.15) is 39.9 Å². The fourth-order valence-corrected chi connectivity index (χ4v) is 2.59. The van der Waals surface area contributed by atoms with Gasteiger partial charge in [-0.3, -0.25) is 0 Å². The largest absolute Gasteiger partial charge is 0.465 e. The third kappa shape index (κ3) is 2.72. The molecule has 1 aromatic rings. The minimum Gasteiger partial charge on any atom is -0.465 e. The van der Waals surface area contributed by atoms with Gasteiger partial charge in [-0.2, -0.15) is 0 Å². The second kappa shape index (κ2) is 5.53. The number of rotatable bonds is 3. The minimum absolute atomic E-state index is 0.239. The summed E-state index contributed by atoms with van der Waals surface area (Å²) >= 11 is 0. The van der Waals surface area contributed by atoms with Gasteiger partial charge in [-0.25, -0.2) is 4.79 Å². The maximum absolute atomic E-state index is 11.7. The average Bonchev–Trinajstić information content (AvgIpc) is 2.85. The molecule has 1 aromatic carbocycles. The molecule has 98 valence electrons. The molecule has 1 unspecified atom stereocenters. The van der Waals surface area contributed by atoms with Crippen LogP contribution in [-0.4, -0.2) is 25.7 Å². The summed E-state index contributed by atoms with van der Waals surface area (Å²) in [5.41, 5.74) is 4.10. The van der Waals surface area contributed by atoms with Gasteiger partial charge in [0.1, 0.15) is 0 Å². The molecule has 0 aromatic heterocycles. The van der Waals surface area contributed by atoms with Gasteiger partial charge in [0.25, 0.3) is 0 Å². The van der Waals surface area contributed by atoms with Crippen molar-refractivity contribution in [1.29, 1.82) is 0 Å². The molecule has 0 bridgehead atoms. The predicted molar refractivity (Wildman–Crippen MR) is 72.0 cm³/mol. The lowest BCUT2D eigenvalue weighted by molar-refractivity contribution is 0.0599. The van der Waals surface area contributed by atoms with Crippen molar-refractivity contribution in [3.05, 3.63) is 34.4 Å². The van der Waals surface area contributed by atoms with Crippen LogP contribution < -0.4 is 5.32 Å². The number of hydrogen-bond acceptors (Lipinski definition) is 3. The number of carbonyl (C=O) groups is 1. The number of esters is 1. The molecule has 0 spiro atoms. The number of hydrogen-bond donors (Lipinski definition) is 1. The number of nitrogens with one attached hydrogen (secondary N) is 1. The van der Waals surface area contributed by atoms with E-state index in [4.69, 9.17) is 4.74 Å². The Labute approximate surface area is 109 Å². The van der Waals surface area contributed by atoms with Crippen LogP contribution in [0.25, 0.3) is 0 Å². The molecular formula is C15H21NO2. The van der Waals surface area contributed by atoms with E-state index in [0.717, 1.165) is 24.1 Å². The lowest BCUT2D eigenvalue weighted by Gasteiger charge is -2.14. The zero-order valence-electron chi connectivity index (χ0n) is 11.4. The fourth-order valence-electron chi connectivity index (χ4n) is 2.59. The van der Waals surface area contributed by atoms with Crippen molar-refractivity contribution in [1.82, 2.24) is 5.32 Å². The van der Waals surface area contributed by atoms with Crippen molar-refractivity contribution >= 4 is 5.97 Å². The van der Waals surface area contributed by atoms with E-state index in [0.29, 0.717) is 11.6 Å². The van der Waals surface area contributed by atoms with Crippen LogP contribution in [0.4, 0.5) is 0 Å². The summed E-state index contributed by atoms with van der Waals surface area (Å²) in [6.07, 6.45) is 3.46. The average molecular weight is 247 g/mol. The zero-order valence-corrected chi connectivity index (χ0v) is 11.4. The molecule has 1 atom stereocenters. The van der Waals surface area contributed by atoms with Crippen molar-refractivity contribution in [2.45, 2.75) is 39.2 Å². The molecule has 0 amide bonds. The van der Waals surface area contributed by atoms with Crippen LogP contribution >= 0.6 is 0 Å². The molecule has 1 aliphatic rings. The maximum atomic E-state index is 11.7. The van der Waals surface area contributed by atoms with Crippen molar-refractivity contribution in [2.24, 2.45) is 0 Å². The highest BCUT2D eigenvalue weighted by atomic mass is 16.5. The topological polar surface area (TPSA) is 38.3 Å². The lowest BCUT2D eigenvalue weighted by atomic mass is 9.95. The van der Waals surface area contributed by atoms with Gasteiger partial charge in [0.15, 0.2) is 0 Å². The molecule has 3 heteroatoms. The number of aryl methyl sites for hydroxylation is 1. The van der Waals surface area contributed by atoms with E-state index >= 15 is 0 Å². The van der Waals surface area contributed by atoms with Gasteiger partial charge in [0, 0.05) is 6.04 Å². The Balaban J connectivity index is 2.25. The van der Waals surface area contributed by atoms with Gasteiger partial charge in [-0.05, 0) is 62.4 Å². The van der Waals surface area contributed by atoms with E-state index in [9.17, 15) is 4.79 Å². The Morgan fingerprint density at radius 1 is 1.44 bits per heavy atom. The van der Waals surface area contributed by atoms with Crippen LogP contribution in [0.15, 0.2) is 12.1 Å². The van der Waals surface area contributed by atoms with E-state index in [1.807, 2.05) is 19.9 Å². The molecular weight excluding hydrogens is 226 g/mol. The first kappa shape index (κ1) is 13.1. The lowest BCUT2D eigenvalue weighted by Crippen LogP contribution is -2.23. The molecule has 1 fully saturated rings. The van der Waals surface area contributed by atoms with Gasteiger partial charge in [0.05, 0.1) is 12.7 Å². The normalized spacial score (nSPS) is 18.9. The smallest absolute Gasteiger partial charge is 0.338 e. The fraction of sp³-hybridized carbons (Fsp3) is 0.533. The number of methoxy groups -OCH3 is 1. The second-order valence-corrected chi connectivity index (χ2v) is 5.07. The first-order chi connectivity index (χ1) is 8.61. The molecule has 18 heavy (non-hydrogen) atoms. The minimum atomic E-state index is -0.239.